The maximum absolute atomic E-state index is 13.7. The quantitative estimate of drug-likeness (QED) is 0.804. The number of carbonyl (C=O) groups is 2. The van der Waals surface area contributed by atoms with Crippen LogP contribution in [0, 0.1) is 11.7 Å². The Balaban J connectivity index is 2.05. The van der Waals surface area contributed by atoms with Gasteiger partial charge in [-0.15, -0.1) is 11.3 Å². The van der Waals surface area contributed by atoms with Gasteiger partial charge < -0.3 is 10.4 Å². The van der Waals surface area contributed by atoms with Gasteiger partial charge in [0.05, 0.1) is 11.2 Å². The zero-order valence-electron chi connectivity index (χ0n) is 13.5. The third-order valence-corrected chi connectivity index (χ3v) is 4.38. The number of rotatable bonds is 7. The first-order valence-electron chi connectivity index (χ1n) is 7.58. The van der Waals surface area contributed by atoms with E-state index in [0.717, 1.165) is 11.3 Å². The summed E-state index contributed by atoms with van der Waals surface area (Å²) in [5.41, 5.74) is 0.502. The van der Waals surface area contributed by atoms with E-state index in [1.54, 1.807) is 18.2 Å². The minimum absolute atomic E-state index is 0.143. The lowest BCUT2D eigenvalue weighted by Crippen LogP contribution is -2.41. The monoisotopic (exact) mass is 350 g/mol. The Morgan fingerprint density at radius 3 is 2.67 bits per heavy atom. The Kier molecular flexibility index (Phi) is 6.03. The van der Waals surface area contributed by atoms with Crippen LogP contribution in [-0.4, -0.2) is 28.0 Å². The lowest BCUT2D eigenvalue weighted by atomic mass is 10.0. The number of hydrogen-bond donors (Lipinski definition) is 2. The SMILES string of the molecule is CC(C)CC(NC(=O)c1cnc(Cc2ccccc2F)s1)C(=O)O. The van der Waals surface area contributed by atoms with E-state index < -0.39 is 17.9 Å². The fourth-order valence-electron chi connectivity index (χ4n) is 2.22. The minimum atomic E-state index is -1.06. The fourth-order valence-corrected chi connectivity index (χ4v) is 3.07. The van der Waals surface area contributed by atoms with E-state index in [0.29, 0.717) is 28.3 Å². The molecule has 0 spiro atoms. The fraction of sp³-hybridized carbons (Fsp3) is 0.353. The lowest BCUT2D eigenvalue weighted by molar-refractivity contribution is -0.139. The molecule has 1 atom stereocenters. The second-order valence-corrected chi connectivity index (χ2v) is 7.00. The molecule has 128 valence electrons. The van der Waals surface area contributed by atoms with Crippen molar-refractivity contribution in [1.82, 2.24) is 10.3 Å². The molecule has 24 heavy (non-hydrogen) atoms. The van der Waals surface area contributed by atoms with Crippen LogP contribution in [0.2, 0.25) is 0 Å². The molecule has 2 rings (SSSR count). The predicted molar refractivity (Wildman–Crippen MR) is 89.7 cm³/mol. The highest BCUT2D eigenvalue weighted by Crippen LogP contribution is 2.19. The smallest absolute Gasteiger partial charge is 0.326 e. The summed E-state index contributed by atoms with van der Waals surface area (Å²) < 4.78 is 13.7. The Labute approximate surface area is 143 Å². The molecule has 0 saturated heterocycles. The van der Waals surface area contributed by atoms with Gasteiger partial charge in [0, 0.05) is 6.42 Å². The Hall–Kier alpha value is -2.28. The van der Waals surface area contributed by atoms with E-state index in [2.05, 4.69) is 10.3 Å². The van der Waals surface area contributed by atoms with Crippen LogP contribution < -0.4 is 5.32 Å². The molecule has 0 aliphatic carbocycles. The molecule has 1 aromatic heterocycles. The first-order valence-corrected chi connectivity index (χ1v) is 8.40. The maximum atomic E-state index is 13.7. The summed E-state index contributed by atoms with van der Waals surface area (Å²) in [6.07, 6.45) is 2.03. The van der Waals surface area contributed by atoms with Gasteiger partial charge in [0.1, 0.15) is 16.7 Å². The van der Waals surface area contributed by atoms with E-state index >= 15 is 0 Å². The number of aliphatic carboxylic acids is 1. The van der Waals surface area contributed by atoms with Gasteiger partial charge in [-0.25, -0.2) is 14.2 Å². The summed E-state index contributed by atoms with van der Waals surface area (Å²) >= 11 is 1.13. The van der Waals surface area contributed by atoms with E-state index in [1.807, 2.05) is 13.8 Å². The van der Waals surface area contributed by atoms with Crippen LogP contribution in [0.5, 0.6) is 0 Å². The summed E-state index contributed by atoms with van der Waals surface area (Å²) in [4.78, 5) is 27.9. The van der Waals surface area contributed by atoms with Crippen molar-refractivity contribution < 1.29 is 19.1 Å². The van der Waals surface area contributed by atoms with Gasteiger partial charge in [-0.2, -0.15) is 0 Å². The maximum Gasteiger partial charge on any atom is 0.326 e. The molecule has 7 heteroatoms. The third kappa shape index (κ3) is 4.86. The molecule has 1 unspecified atom stereocenters. The zero-order chi connectivity index (χ0) is 17.7. The van der Waals surface area contributed by atoms with Gasteiger partial charge in [-0.05, 0) is 24.0 Å². The predicted octanol–water partition coefficient (Wildman–Crippen LogP) is 3.10. The van der Waals surface area contributed by atoms with Gasteiger partial charge in [0.2, 0.25) is 0 Å². The molecular weight excluding hydrogens is 331 g/mol. The second kappa shape index (κ2) is 8.01. The number of hydrogen-bond acceptors (Lipinski definition) is 4. The van der Waals surface area contributed by atoms with Crippen LogP contribution in [0.1, 0.15) is 40.5 Å². The number of halogens is 1. The highest BCUT2D eigenvalue weighted by Gasteiger charge is 2.22. The van der Waals surface area contributed by atoms with Crippen LogP contribution in [-0.2, 0) is 11.2 Å². The number of thiazole rings is 1. The molecule has 2 aromatic rings. The molecule has 5 nitrogen and oxygen atoms in total. The van der Waals surface area contributed by atoms with Gasteiger partial charge in [0.15, 0.2) is 0 Å². The molecular formula is C17H19FN2O3S. The van der Waals surface area contributed by atoms with Crippen molar-refractivity contribution in [3.63, 3.8) is 0 Å². The number of carbonyl (C=O) groups excluding carboxylic acids is 1. The van der Waals surface area contributed by atoms with Crippen LogP contribution in [0.4, 0.5) is 4.39 Å². The van der Waals surface area contributed by atoms with E-state index in [4.69, 9.17) is 0 Å². The first kappa shape index (κ1) is 18.1. The summed E-state index contributed by atoms with van der Waals surface area (Å²) in [6.45, 7) is 3.78. The number of nitrogens with zero attached hydrogens (tertiary/aromatic N) is 1. The zero-order valence-corrected chi connectivity index (χ0v) is 14.3. The Morgan fingerprint density at radius 1 is 1.33 bits per heavy atom. The van der Waals surface area contributed by atoms with Crippen LogP contribution in [0.15, 0.2) is 30.5 Å². The molecule has 0 aliphatic rings. The van der Waals surface area contributed by atoms with Crippen molar-refractivity contribution in [2.75, 3.05) is 0 Å². The lowest BCUT2D eigenvalue weighted by Gasteiger charge is -2.15. The summed E-state index contributed by atoms with van der Waals surface area (Å²) in [6, 6.07) is 5.46. The van der Waals surface area contributed by atoms with Crippen molar-refractivity contribution in [1.29, 1.82) is 0 Å². The standard InChI is InChI=1S/C17H19FN2O3S/c1-10(2)7-13(17(22)23)20-16(21)14-9-19-15(24-14)8-11-5-3-4-6-12(11)18/h3-6,9-10,13H,7-8H2,1-2H3,(H,20,21)(H,22,23). The molecule has 0 saturated carbocycles. The van der Waals surface area contributed by atoms with Crippen molar-refractivity contribution in [2.45, 2.75) is 32.7 Å². The molecule has 2 N–H and O–H groups in total. The summed E-state index contributed by atoms with van der Waals surface area (Å²) in [5, 5.41) is 12.3. The molecule has 1 heterocycles. The number of benzene rings is 1. The Bertz CT molecular complexity index is 730. The average Bonchev–Trinajstić information content (AvgIpc) is 2.97. The van der Waals surface area contributed by atoms with Crippen LogP contribution >= 0.6 is 11.3 Å². The normalized spacial score (nSPS) is 12.2. The number of nitrogens with one attached hydrogen (secondary N) is 1. The molecule has 0 radical (unpaired) electrons. The van der Waals surface area contributed by atoms with Crippen molar-refractivity contribution in [3.8, 4) is 0 Å². The topological polar surface area (TPSA) is 79.3 Å². The number of amides is 1. The van der Waals surface area contributed by atoms with E-state index in [9.17, 15) is 19.1 Å². The van der Waals surface area contributed by atoms with Gasteiger partial charge in [-0.1, -0.05) is 32.0 Å². The highest BCUT2D eigenvalue weighted by molar-refractivity contribution is 7.13. The highest BCUT2D eigenvalue weighted by atomic mass is 32.1. The van der Waals surface area contributed by atoms with Crippen molar-refractivity contribution in [3.05, 3.63) is 51.7 Å². The second-order valence-electron chi connectivity index (χ2n) is 5.88. The third-order valence-electron chi connectivity index (χ3n) is 3.39. The van der Waals surface area contributed by atoms with Crippen molar-refractivity contribution >= 4 is 23.2 Å². The van der Waals surface area contributed by atoms with Crippen LogP contribution in [0.3, 0.4) is 0 Å². The largest absolute Gasteiger partial charge is 0.480 e. The summed E-state index contributed by atoms with van der Waals surface area (Å²) in [7, 11) is 0. The molecule has 0 bridgehead atoms. The van der Waals surface area contributed by atoms with Gasteiger partial charge in [0.25, 0.3) is 5.91 Å². The van der Waals surface area contributed by atoms with Gasteiger partial charge in [-0.3, -0.25) is 4.79 Å². The molecule has 1 aromatic carbocycles. The Morgan fingerprint density at radius 2 is 2.04 bits per heavy atom. The molecule has 0 fully saturated rings. The molecule has 1 amide bonds. The number of carboxylic acid groups (broad SMARTS) is 1. The number of carboxylic acids is 1. The molecule has 0 aliphatic heterocycles. The van der Waals surface area contributed by atoms with Crippen LogP contribution in [0.25, 0.3) is 0 Å². The summed E-state index contributed by atoms with van der Waals surface area (Å²) in [5.74, 6) is -1.71. The van der Waals surface area contributed by atoms with E-state index in [-0.39, 0.29) is 11.7 Å². The van der Waals surface area contributed by atoms with Gasteiger partial charge >= 0.3 is 5.97 Å². The minimum Gasteiger partial charge on any atom is -0.480 e. The van der Waals surface area contributed by atoms with E-state index in [1.165, 1.54) is 12.3 Å². The van der Waals surface area contributed by atoms with Crippen molar-refractivity contribution in [2.24, 2.45) is 5.92 Å². The first-order chi connectivity index (χ1) is 11.4. The number of aromatic nitrogens is 1. The average molecular weight is 350 g/mol.